The van der Waals surface area contributed by atoms with E-state index in [-0.39, 0.29) is 5.75 Å². The van der Waals surface area contributed by atoms with Gasteiger partial charge < -0.3 is 10.8 Å². The second-order valence-electron chi connectivity index (χ2n) is 2.46. The Hall–Kier alpha value is -0.930. The van der Waals surface area contributed by atoms with E-state index in [0.717, 1.165) is 10.1 Å². The van der Waals surface area contributed by atoms with E-state index in [1.807, 2.05) is 6.07 Å². The number of thiophene rings is 1. The van der Waals surface area contributed by atoms with Gasteiger partial charge in [-0.1, -0.05) is 11.6 Å². The minimum absolute atomic E-state index is 0.137. The molecule has 2 nitrogen and oxygen atoms in total. The zero-order chi connectivity index (χ0) is 8.72. The standard InChI is InChI=1S/C8H6ClNOS/c9-4-1-2-6-5(3-4)7(11)8(10)12-6/h1-3,11H,10H2. The first-order chi connectivity index (χ1) is 5.68. The molecule has 1 heterocycles. The first-order valence-corrected chi connectivity index (χ1v) is 4.54. The summed E-state index contributed by atoms with van der Waals surface area (Å²) >= 11 is 7.11. The van der Waals surface area contributed by atoms with Crippen molar-refractivity contribution in [1.29, 1.82) is 0 Å². The van der Waals surface area contributed by atoms with Crippen molar-refractivity contribution in [3.05, 3.63) is 23.2 Å². The summed E-state index contributed by atoms with van der Waals surface area (Å²) in [5.41, 5.74) is 5.53. The Balaban J connectivity index is 2.88. The summed E-state index contributed by atoms with van der Waals surface area (Å²) in [6.07, 6.45) is 0. The highest BCUT2D eigenvalue weighted by molar-refractivity contribution is 7.23. The topological polar surface area (TPSA) is 46.2 Å². The summed E-state index contributed by atoms with van der Waals surface area (Å²) in [5, 5.41) is 11.2. The average Bonchev–Trinajstić information content (AvgIpc) is 2.31. The fraction of sp³-hybridized carbons (Fsp3) is 0. The summed E-state index contributed by atoms with van der Waals surface area (Å²) in [6, 6.07) is 5.33. The first-order valence-electron chi connectivity index (χ1n) is 3.35. The Morgan fingerprint density at radius 3 is 2.92 bits per heavy atom. The van der Waals surface area contributed by atoms with E-state index in [2.05, 4.69) is 0 Å². The third-order valence-corrected chi connectivity index (χ3v) is 2.87. The van der Waals surface area contributed by atoms with Crippen LogP contribution in [0.4, 0.5) is 5.00 Å². The number of fused-ring (bicyclic) bond motifs is 1. The number of aromatic hydroxyl groups is 1. The highest BCUT2D eigenvalue weighted by Crippen LogP contribution is 2.39. The van der Waals surface area contributed by atoms with Crippen LogP contribution in [0.5, 0.6) is 5.75 Å². The number of hydrogen-bond donors (Lipinski definition) is 2. The van der Waals surface area contributed by atoms with Crippen molar-refractivity contribution in [3.8, 4) is 5.75 Å². The molecule has 0 aliphatic carbocycles. The van der Waals surface area contributed by atoms with Crippen LogP contribution in [-0.2, 0) is 0 Å². The summed E-state index contributed by atoms with van der Waals surface area (Å²) in [4.78, 5) is 0. The van der Waals surface area contributed by atoms with Crippen molar-refractivity contribution in [2.45, 2.75) is 0 Å². The van der Waals surface area contributed by atoms with E-state index in [1.54, 1.807) is 12.1 Å². The maximum absolute atomic E-state index is 9.45. The SMILES string of the molecule is Nc1sc2ccc(Cl)cc2c1O. The molecule has 2 aromatic rings. The van der Waals surface area contributed by atoms with Gasteiger partial charge in [0, 0.05) is 15.1 Å². The van der Waals surface area contributed by atoms with Gasteiger partial charge in [0.15, 0.2) is 5.75 Å². The largest absolute Gasteiger partial charge is 0.504 e. The molecule has 0 aliphatic heterocycles. The van der Waals surface area contributed by atoms with E-state index in [9.17, 15) is 5.11 Å². The molecule has 0 amide bonds. The van der Waals surface area contributed by atoms with Crippen LogP contribution in [0.1, 0.15) is 0 Å². The minimum Gasteiger partial charge on any atom is -0.504 e. The molecule has 0 spiro atoms. The van der Waals surface area contributed by atoms with Crippen molar-refractivity contribution < 1.29 is 5.11 Å². The van der Waals surface area contributed by atoms with Crippen molar-refractivity contribution in [2.75, 3.05) is 5.73 Å². The zero-order valence-corrected chi connectivity index (χ0v) is 7.62. The molecule has 0 fully saturated rings. The van der Waals surface area contributed by atoms with E-state index >= 15 is 0 Å². The lowest BCUT2D eigenvalue weighted by Gasteiger charge is -1.91. The van der Waals surface area contributed by atoms with Gasteiger partial charge in [-0.25, -0.2) is 0 Å². The summed E-state index contributed by atoms with van der Waals surface area (Å²) in [5.74, 6) is 0.137. The molecule has 62 valence electrons. The molecule has 0 saturated carbocycles. The van der Waals surface area contributed by atoms with Crippen LogP contribution in [0.3, 0.4) is 0 Å². The van der Waals surface area contributed by atoms with Crippen molar-refractivity contribution >= 4 is 38.0 Å². The Kier molecular flexibility index (Phi) is 1.63. The number of nitrogens with two attached hydrogens (primary N) is 1. The van der Waals surface area contributed by atoms with Crippen LogP contribution in [0.25, 0.3) is 10.1 Å². The fourth-order valence-electron chi connectivity index (χ4n) is 1.08. The maximum Gasteiger partial charge on any atom is 0.157 e. The molecule has 2 rings (SSSR count). The lowest BCUT2D eigenvalue weighted by Crippen LogP contribution is -1.75. The molecule has 0 aliphatic rings. The zero-order valence-electron chi connectivity index (χ0n) is 6.04. The number of anilines is 1. The number of hydrogen-bond acceptors (Lipinski definition) is 3. The van der Waals surface area contributed by atoms with Crippen molar-refractivity contribution in [2.24, 2.45) is 0 Å². The molecule has 1 aromatic heterocycles. The van der Waals surface area contributed by atoms with Gasteiger partial charge >= 0.3 is 0 Å². The third-order valence-electron chi connectivity index (χ3n) is 1.65. The molecular weight excluding hydrogens is 194 g/mol. The molecule has 1 aromatic carbocycles. The van der Waals surface area contributed by atoms with E-state index in [1.165, 1.54) is 11.3 Å². The van der Waals surface area contributed by atoms with Crippen LogP contribution in [0.15, 0.2) is 18.2 Å². The Morgan fingerprint density at radius 1 is 1.42 bits per heavy atom. The maximum atomic E-state index is 9.45. The van der Waals surface area contributed by atoms with Crippen LogP contribution in [0, 0.1) is 0 Å². The summed E-state index contributed by atoms with van der Waals surface area (Å²) in [7, 11) is 0. The lowest BCUT2D eigenvalue weighted by atomic mass is 10.2. The molecular formula is C8H6ClNOS. The summed E-state index contributed by atoms with van der Waals surface area (Å²) in [6.45, 7) is 0. The smallest absolute Gasteiger partial charge is 0.157 e. The van der Waals surface area contributed by atoms with Crippen molar-refractivity contribution in [3.63, 3.8) is 0 Å². The number of halogens is 1. The lowest BCUT2D eigenvalue weighted by molar-refractivity contribution is 0.486. The number of nitrogen functional groups attached to an aromatic ring is 1. The molecule has 12 heavy (non-hydrogen) atoms. The van der Waals surface area contributed by atoms with Gasteiger partial charge in [0.1, 0.15) is 5.00 Å². The van der Waals surface area contributed by atoms with Gasteiger partial charge in [0.05, 0.1) is 0 Å². The molecule has 0 radical (unpaired) electrons. The highest BCUT2D eigenvalue weighted by atomic mass is 35.5. The predicted octanol–water partition coefficient (Wildman–Crippen LogP) is 2.84. The van der Waals surface area contributed by atoms with E-state index in [4.69, 9.17) is 17.3 Å². The molecule has 4 heteroatoms. The molecule has 0 unspecified atom stereocenters. The first kappa shape index (κ1) is 7.71. The monoisotopic (exact) mass is 199 g/mol. The van der Waals surface area contributed by atoms with Crippen LogP contribution < -0.4 is 5.73 Å². The quantitative estimate of drug-likeness (QED) is 0.686. The van der Waals surface area contributed by atoms with E-state index < -0.39 is 0 Å². The second kappa shape index (κ2) is 2.54. The van der Waals surface area contributed by atoms with Gasteiger partial charge in [-0.05, 0) is 18.2 Å². The Labute approximate surface area is 78.2 Å². The van der Waals surface area contributed by atoms with Crippen molar-refractivity contribution in [1.82, 2.24) is 0 Å². The third kappa shape index (κ3) is 1.02. The Bertz CT molecular complexity index is 438. The number of benzene rings is 1. The van der Waals surface area contributed by atoms with Gasteiger partial charge in [-0.15, -0.1) is 11.3 Å². The summed E-state index contributed by atoms with van der Waals surface area (Å²) < 4.78 is 0.953. The minimum atomic E-state index is 0.137. The van der Waals surface area contributed by atoms with Crippen LogP contribution >= 0.6 is 22.9 Å². The fourth-order valence-corrected chi connectivity index (χ4v) is 2.09. The average molecular weight is 200 g/mol. The van der Waals surface area contributed by atoms with Gasteiger partial charge in [0.2, 0.25) is 0 Å². The van der Waals surface area contributed by atoms with Gasteiger partial charge in [0.25, 0.3) is 0 Å². The van der Waals surface area contributed by atoms with Crippen LogP contribution in [0.2, 0.25) is 5.02 Å². The number of rotatable bonds is 0. The normalized spacial score (nSPS) is 10.8. The molecule has 0 bridgehead atoms. The molecule has 0 atom stereocenters. The molecule has 3 N–H and O–H groups in total. The van der Waals surface area contributed by atoms with Gasteiger partial charge in [-0.2, -0.15) is 0 Å². The highest BCUT2D eigenvalue weighted by Gasteiger charge is 2.07. The molecule has 0 saturated heterocycles. The predicted molar refractivity (Wildman–Crippen MR) is 52.9 cm³/mol. The second-order valence-corrected chi connectivity index (χ2v) is 3.98. The van der Waals surface area contributed by atoms with Gasteiger partial charge in [-0.3, -0.25) is 0 Å². The van der Waals surface area contributed by atoms with Crippen LogP contribution in [-0.4, -0.2) is 5.11 Å². The van der Waals surface area contributed by atoms with E-state index in [0.29, 0.717) is 10.0 Å². The Morgan fingerprint density at radius 2 is 2.17 bits per heavy atom.